The van der Waals surface area contributed by atoms with Crippen LogP contribution in [0.1, 0.15) is 23.6 Å². The predicted molar refractivity (Wildman–Crippen MR) is 57.7 cm³/mol. The van der Waals surface area contributed by atoms with E-state index in [1.807, 2.05) is 18.2 Å². The van der Waals surface area contributed by atoms with Gasteiger partial charge in [-0.2, -0.15) is 0 Å². The number of hydrogen-bond donors (Lipinski definition) is 0. The zero-order chi connectivity index (χ0) is 10.8. The Kier molecular flexibility index (Phi) is 2.78. The van der Waals surface area contributed by atoms with E-state index in [1.54, 1.807) is 11.9 Å². The number of ether oxygens (including phenoxy) is 1. The Bertz CT molecular complexity index is 381. The number of aldehydes is 1. The molecule has 0 spiro atoms. The Balaban J connectivity index is 2.34. The number of nitrogens with zero attached hydrogens (tertiary/aromatic N) is 1. The fourth-order valence-corrected chi connectivity index (χ4v) is 2.01. The molecular formula is C11H12BNO2. The van der Waals surface area contributed by atoms with E-state index in [2.05, 4.69) is 0 Å². The number of hydrogen-bond acceptors (Lipinski definition) is 3. The van der Waals surface area contributed by atoms with Crippen molar-refractivity contribution in [1.29, 1.82) is 0 Å². The van der Waals surface area contributed by atoms with Gasteiger partial charge < -0.3 is 14.3 Å². The molecule has 3 nitrogen and oxygen atoms in total. The number of carbonyl (C=O) groups is 1. The van der Waals surface area contributed by atoms with Crippen molar-refractivity contribution >= 4 is 14.3 Å². The van der Waals surface area contributed by atoms with Gasteiger partial charge in [0.15, 0.2) is 7.98 Å². The molecule has 0 fully saturated rings. The van der Waals surface area contributed by atoms with Crippen molar-refractivity contribution in [1.82, 2.24) is 4.81 Å². The molecule has 4 heteroatoms. The summed E-state index contributed by atoms with van der Waals surface area (Å²) < 4.78 is 5.14. The minimum absolute atomic E-state index is 0.0170. The molecule has 2 rings (SSSR count). The van der Waals surface area contributed by atoms with Crippen LogP contribution in [-0.2, 0) is 11.3 Å². The van der Waals surface area contributed by atoms with Gasteiger partial charge >= 0.3 is 0 Å². The van der Waals surface area contributed by atoms with E-state index in [0.717, 1.165) is 23.2 Å². The summed E-state index contributed by atoms with van der Waals surface area (Å²) in [6.07, 6.45) is 1.35. The molecule has 1 aromatic rings. The maximum Gasteiger partial charge on any atom is 0.183 e. The lowest BCUT2D eigenvalue weighted by Crippen LogP contribution is -2.18. The molecule has 1 atom stereocenters. The summed E-state index contributed by atoms with van der Waals surface area (Å²) in [5.41, 5.74) is 2.27. The lowest BCUT2D eigenvalue weighted by molar-refractivity contribution is -0.108. The molecule has 0 aliphatic carbocycles. The molecule has 1 unspecified atom stereocenters. The van der Waals surface area contributed by atoms with E-state index < -0.39 is 0 Å². The highest BCUT2D eigenvalue weighted by molar-refractivity contribution is 6.05. The molecule has 76 valence electrons. The quantitative estimate of drug-likeness (QED) is 0.544. The maximum atomic E-state index is 10.5. The number of benzene rings is 1. The minimum atomic E-state index is 0.0170. The topological polar surface area (TPSA) is 29.5 Å². The number of rotatable bonds is 3. The molecule has 0 amide bonds. The van der Waals surface area contributed by atoms with Gasteiger partial charge in [-0.05, 0) is 23.3 Å². The van der Waals surface area contributed by atoms with Crippen molar-refractivity contribution in [2.75, 3.05) is 7.11 Å². The second-order valence-corrected chi connectivity index (χ2v) is 3.66. The van der Waals surface area contributed by atoms with Gasteiger partial charge in [0.25, 0.3) is 0 Å². The first-order chi connectivity index (χ1) is 7.26. The van der Waals surface area contributed by atoms with E-state index >= 15 is 0 Å². The SMILES string of the molecule is [B]N1Cc2cc(OC)ccc2C1CC=O. The van der Waals surface area contributed by atoms with E-state index in [4.69, 9.17) is 12.7 Å². The zero-order valence-corrected chi connectivity index (χ0v) is 8.64. The van der Waals surface area contributed by atoms with Gasteiger partial charge in [0.2, 0.25) is 0 Å². The van der Waals surface area contributed by atoms with Gasteiger partial charge in [0.1, 0.15) is 12.0 Å². The van der Waals surface area contributed by atoms with Crippen LogP contribution in [0.2, 0.25) is 0 Å². The van der Waals surface area contributed by atoms with E-state index in [0.29, 0.717) is 13.0 Å². The second kappa shape index (κ2) is 4.07. The van der Waals surface area contributed by atoms with Crippen molar-refractivity contribution in [3.05, 3.63) is 29.3 Å². The molecule has 0 saturated heterocycles. The molecule has 0 aromatic heterocycles. The fourth-order valence-electron chi connectivity index (χ4n) is 2.01. The molecular weight excluding hydrogens is 189 g/mol. The predicted octanol–water partition coefficient (Wildman–Crippen LogP) is 1.22. The van der Waals surface area contributed by atoms with Crippen LogP contribution in [0.4, 0.5) is 0 Å². The number of fused-ring (bicyclic) bond motifs is 1. The summed E-state index contributed by atoms with van der Waals surface area (Å²) >= 11 is 0. The van der Waals surface area contributed by atoms with Crippen molar-refractivity contribution in [3.8, 4) is 5.75 Å². The lowest BCUT2D eigenvalue weighted by atomic mass is 10.0. The molecule has 15 heavy (non-hydrogen) atoms. The highest BCUT2D eigenvalue weighted by atomic mass is 16.5. The first kappa shape index (κ1) is 10.2. The van der Waals surface area contributed by atoms with Crippen molar-refractivity contribution in [2.24, 2.45) is 0 Å². The van der Waals surface area contributed by atoms with Gasteiger partial charge in [-0.25, -0.2) is 0 Å². The van der Waals surface area contributed by atoms with E-state index in [-0.39, 0.29) is 6.04 Å². The molecule has 0 bridgehead atoms. The first-order valence-electron chi connectivity index (χ1n) is 4.88. The van der Waals surface area contributed by atoms with Crippen LogP contribution >= 0.6 is 0 Å². The fraction of sp³-hybridized carbons (Fsp3) is 0.364. The molecule has 1 heterocycles. The second-order valence-electron chi connectivity index (χ2n) is 3.66. The van der Waals surface area contributed by atoms with Crippen molar-refractivity contribution in [2.45, 2.75) is 19.0 Å². The Hall–Kier alpha value is -1.29. The molecule has 1 aliphatic heterocycles. The third kappa shape index (κ3) is 1.77. The number of carbonyl (C=O) groups excluding carboxylic acids is 1. The van der Waals surface area contributed by atoms with Crippen molar-refractivity contribution < 1.29 is 9.53 Å². The monoisotopic (exact) mass is 201 g/mol. The molecule has 0 N–H and O–H groups in total. The zero-order valence-electron chi connectivity index (χ0n) is 8.64. The lowest BCUT2D eigenvalue weighted by Gasteiger charge is -2.17. The van der Waals surface area contributed by atoms with Crippen LogP contribution in [0.5, 0.6) is 5.75 Å². The third-order valence-corrected chi connectivity index (χ3v) is 2.78. The highest BCUT2D eigenvalue weighted by Gasteiger charge is 2.26. The largest absolute Gasteiger partial charge is 0.497 e. The van der Waals surface area contributed by atoms with Crippen LogP contribution in [0.25, 0.3) is 0 Å². The van der Waals surface area contributed by atoms with Crippen LogP contribution in [0.15, 0.2) is 18.2 Å². The van der Waals surface area contributed by atoms with Crippen LogP contribution < -0.4 is 4.74 Å². The molecule has 2 radical (unpaired) electrons. The van der Waals surface area contributed by atoms with E-state index in [9.17, 15) is 4.79 Å². The summed E-state index contributed by atoms with van der Waals surface area (Å²) in [7, 11) is 7.48. The summed E-state index contributed by atoms with van der Waals surface area (Å²) in [6, 6.07) is 5.87. The summed E-state index contributed by atoms with van der Waals surface area (Å²) in [5.74, 6) is 0.828. The number of methoxy groups -OCH3 is 1. The average molecular weight is 201 g/mol. The molecule has 0 saturated carbocycles. The maximum absolute atomic E-state index is 10.5. The van der Waals surface area contributed by atoms with Gasteiger partial charge in [0, 0.05) is 19.0 Å². The third-order valence-electron chi connectivity index (χ3n) is 2.78. The summed E-state index contributed by atoms with van der Waals surface area (Å²) in [5, 5.41) is 0. The van der Waals surface area contributed by atoms with Gasteiger partial charge in [-0.1, -0.05) is 6.07 Å². The highest BCUT2D eigenvalue weighted by Crippen LogP contribution is 2.35. The Labute approximate surface area is 90.5 Å². The minimum Gasteiger partial charge on any atom is -0.497 e. The normalized spacial score (nSPS) is 19.9. The van der Waals surface area contributed by atoms with E-state index in [1.165, 1.54) is 0 Å². The van der Waals surface area contributed by atoms with Gasteiger partial charge in [-0.15, -0.1) is 0 Å². The smallest absolute Gasteiger partial charge is 0.183 e. The Morgan fingerprint density at radius 2 is 2.47 bits per heavy atom. The van der Waals surface area contributed by atoms with Crippen LogP contribution in [-0.4, -0.2) is 26.2 Å². The summed E-state index contributed by atoms with van der Waals surface area (Å²) in [6.45, 7) is 0.672. The van der Waals surface area contributed by atoms with Crippen LogP contribution in [0.3, 0.4) is 0 Å². The van der Waals surface area contributed by atoms with Gasteiger partial charge in [-0.3, -0.25) is 0 Å². The molecule has 1 aliphatic rings. The molecule has 1 aromatic carbocycles. The Morgan fingerprint density at radius 1 is 1.67 bits per heavy atom. The van der Waals surface area contributed by atoms with Crippen LogP contribution in [0, 0.1) is 0 Å². The van der Waals surface area contributed by atoms with Gasteiger partial charge in [0.05, 0.1) is 7.11 Å². The average Bonchev–Trinajstić information content (AvgIpc) is 2.55. The first-order valence-corrected chi connectivity index (χ1v) is 4.88. The standard InChI is InChI=1S/C11H12BNO2/c1-15-9-2-3-10-8(6-9)7-13(12)11(10)4-5-14/h2-3,5-6,11H,4,7H2,1H3. The Morgan fingerprint density at radius 3 is 3.13 bits per heavy atom. The summed E-state index contributed by atoms with van der Waals surface area (Å²) in [4.78, 5) is 12.2. The van der Waals surface area contributed by atoms with Crippen molar-refractivity contribution in [3.63, 3.8) is 0 Å².